The summed E-state index contributed by atoms with van der Waals surface area (Å²) in [4.78, 5) is 2.61. The molecule has 0 aromatic heterocycles. The number of hydrogen-bond donors (Lipinski definition) is 1. The average Bonchev–Trinajstić information content (AvgIpc) is 3.23. The van der Waals surface area contributed by atoms with Crippen LogP contribution in [0.4, 0.5) is 0 Å². The van der Waals surface area contributed by atoms with Crippen LogP contribution in [-0.4, -0.2) is 30.1 Å². The number of halogens is 1. The highest BCUT2D eigenvalue weighted by atomic mass is 35.5. The summed E-state index contributed by atoms with van der Waals surface area (Å²) >= 11 is 6.36. The normalized spacial score (nSPS) is 30.3. The van der Waals surface area contributed by atoms with Crippen LogP contribution in [0.2, 0.25) is 5.02 Å². The smallest absolute Gasteiger partial charge is 0.0453 e. The highest BCUT2D eigenvalue weighted by molar-refractivity contribution is 6.31. The molecule has 1 heterocycles. The van der Waals surface area contributed by atoms with Crippen molar-refractivity contribution in [1.82, 2.24) is 10.2 Å². The van der Waals surface area contributed by atoms with Gasteiger partial charge in [-0.3, -0.25) is 4.90 Å². The summed E-state index contributed by atoms with van der Waals surface area (Å²) in [7, 11) is 0. The Labute approximate surface area is 121 Å². The van der Waals surface area contributed by atoms with E-state index in [9.17, 15) is 0 Å². The molecule has 1 aliphatic carbocycles. The minimum absolute atomic E-state index is 0.395. The first-order valence-corrected chi connectivity index (χ1v) is 7.78. The lowest BCUT2D eigenvalue weighted by Crippen LogP contribution is -2.56. The molecule has 0 amide bonds. The fourth-order valence-corrected chi connectivity index (χ4v) is 3.55. The molecule has 1 aliphatic heterocycles. The summed E-state index contributed by atoms with van der Waals surface area (Å²) in [5, 5.41) is 4.60. The molecule has 3 heteroatoms. The molecule has 0 bridgehead atoms. The zero-order valence-corrected chi connectivity index (χ0v) is 12.5. The molecule has 3 unspecified atom stereocenters. The van der Waals surface area contributed by atoms with E-state index in [-0.39, 0.29) is 0 Å². The number of benzene rings is 1. The Hall–Kier alpha value is -0.570. The summed E-state index contributed by atoms with van der Waals surface area (Å²) in [5.74, 6) is 0.911. The van der Waals surface area contributed by atoms with Gasteiger partial charge in [-0.1, -0.05) is 29.8 Å². The fraction of sp³-hybridized carbons (Fsp3) is 0.625. The molecule has 1 aromatic carbocycles. The van der Waals surface area contributed by atoms with Crippen LogP contribution in [0.25, 0.3) is 0 Å². The second-order valence-electron chi connectivity index (χ2n) is 6.10. The van der Waals surface area contributed by atoms with Crippen molar-refractivity contribution in [2.24, 2.45) is 5.92 Å². The number of nitrogens with zero attached hydrogens (tertiary/aromatic N) is 1. The first kappa shape index (κ1) is 13.4. The van der Waals surface area contributed by atoms with Crippen LogP contribution in [-0.2, 0) is 0 Å². The van der Waals surface area contributed by atoms with Crippen molar-refractivity contribution in [2.75, 3.05) is 13.1 Å². The monoisotopic (exact) mass is 278 g/mol. The van der Waals surface area contributed by atoms with Crippen LogP contribution < -0.4 is 5.32 Å². The Morgan fingerprint density at radius 2 is 2.05 bits per heavy atom. The number of nitrogens with one attached hydrogen (secondary N) is 1. The van der Waals surface area contributed by atoms with Crippen molar-refractivity contribution < 1.29 is 0 Å². The zero-order chi connectivity index (χ0) is 13.4. The third-order valence-corrected chi connectivity index (χ3v) is 5.04. The van der Waals surface area contributed by atoms with Crippen LogP contribution in [0, 0.1) is 5.92 Å². The highest BCUT2D eigenvalue weighted by Crippen LogP contribution is 2.36. The lowest BCUT2D eigenvalue weighted by atomic mass is 10.00. The Kier molecular flexibility index (Phi) is 3.84. The molecule has 0 radical (unpaired) electrons. The third kappa shape index (κ3) is 2.81. The Morgan fingerprint density at radius 3 is 2.74 bits per heavy atom. The predicted molar refractivity (Wildman–Crippen MR) is 80.5 cm³/mol. The average molecular weight is 279 g/mol. The molecule has 1 saturated heterocycles. The molecule has 1 aromatic rings. The van der Waals surface area contributed by atoms with Crippen LogP contribution >= 0.6 is 11.6 Å². The van der Waals surface area contributed by atoms with Gasteiger partial charge in [0.15, 0.2) is 0 Å². The molecular formula is C16H23ClN2. The predicted octanol–water partition coefficient (Wildman–Crippen LogP) is 3.47. The molecule has 1 saturated carbocycles. The van der Waals surface area contributed by atoms with Crippen molar-refractivity contribution in [3.8, 4) is 0 Å². The van der Waals surface area contributed by atoms with E-state index in [0.717, 1.165) is 24.0 Å². The van der Waals surface area contributed by atoms with Crippen LogP contribution in [0.1, 0.15) is 38.3 Å². The van der Waals surface area contributed by atoms with E-state index in [1.807, 2.05) is 12.1 Å². The van der Waals surface area contributed by atoms with Gasteiger partial charge in [0.25, 0.3) is 0 Å². The molecule has 0 spiro atoms. The maximum atomic E-state index is 6.36. The van der Waals surface area contributed by atoms with E-state index in [1.54, 1.807) is 0 Å². The van der Waals surface area contributed by atoms with Gasteiger partial charge >= 0.3 is 0 Å². The minimum atomic E-state index is 0.395. The van der Waals surface area contributed by atoms with Crippen molar-refractivity contribution in [3.05, 3.63) is 34.9 Å². The SMILES string of the molecule is CC1CNC(C2CC2)CN1C(C)c1ccccc1Cl. The fourth-order valence-electron chi connectivity index (χ4n) is 3.26. The van der Waals surface area contributed by atoms with Gasteiger partial charge in [0.2, 0.25) is 0 Å². The minimum Gasteiger partial charge on any atom is -0.311 e. The molecule has 104 valence electrons. The summed E-state index contributed by atoms with van der Waals surface area (Å²) < 4.78 is 0. The third-order valence-electron chi connectivity index (χ3n) is 4.69. The van der Waals surface area contributed by atoms with Crippen LogP contribution in [0.15, 0.2) is 24.3 Å². The molecule has 1 N–H and O–H groups in total. The maximum Gasteiger partial charge on any atom is 0.0453 e. The number of rotatable bonds is 3. The van der Waals surface area contributed by atoms with E-state index in [4.69, 9.17) is 11.6 Å². The molecular weight excluding hydrogens is 256 g/mol. The van der Waals surface area contributed by atoms with E-state index < -0.39 is 0 Å². The number of piperazine rings is 1. The van der Waals surface area contributed by atoms with Gasteiger partial charge in [-0.25, -0.2) is 0 Å². The quantitative estimate of drug-likeness (QED) is 0.911. The molecule has 2 aliphatic rings. The summed E-state index contributed by atoms with van der Waals surface area (Å²) in [6.07, 6.45) is 2.81. The maximum absolute atomic E-state index is 6.36. The summed E-state index contributed by atoms with van der Waals surface area (Å²) in [6, 6.07) is 9.90. The Balaban J connectivity index is 1.77. The Morgan fingerprint density at radius 1 is 1.32 bits per heavy atom. The van der Waals surface area contributed by atoms with Gasteiger partial charge in [0.05, 0.1) is 0 Å². The first-order chi connectivity index (χ1) is 9.16. The van der Waals surface area contributed by atoms with E-state index in [2.05, 4.69) is 36.2 Å². The van der Waals surface area contributed by atoms with Crippen molar-refractivity contribution >= 4 is 11.6 Å². The molecule has 2 fully saturated rings. The van der Waals surface area contributed by atoms with Crippen LogP contribution in [0.3, 0.4) is 0 Å². The van der Waals surface area contributed by atoms with Gasteiger partial charge in [0, 0.05) is 36.2 Å². The van der Waals surface area contributed by atoms with Gasteiger partial charge in [-0.15, -0.1) is 0 Å². The van der Waals surface area contributed by atoms with Crippen molar-refractivity contribution in [2.45, 2.75) is 44.8 Å². The Bertz CT molecular complexity index is 444. The van der Waals surface area contributed by atoms with E-state index in [1.165, 1.54) is 18.4 Å². The van der Waals surface area contributed by atoms with Gasteiger partial charge in [-0.05, 0) is 44.2 Å². The molecule has 2 nitrogen and oxygen atoms in total. The molecule has 3 rings (SSSR count). The molecule has 19 heavy (non-hydrogen) atoms. The standard InChI is InChI=1S/C16H23ClN2/c1-11-9-18-16(13-7-8-13)10-19(11)12(2)14-5-3-4-6-15(14)17/h3-6,11-13,16,18H,7-10H2,1-2H3. The van der Waals surface area contributed by atoms with Crippen molar-refractivity contribution in [3.63, 3.8) is 0 Å². The lowest BCUT2D eigenvalue weighted by molar-refractivity contribution is 0.0925. The van der Waals surface area contributed by atoms with Gasteiger partial charge in [0.1, 0.15) is 0 Å². The van der Waals surface area contributed by atoms with Gasteiger partial charge < -0.3 is 5.32 Å². The van der Waals surface area contributed by atoms with Gasteiger partial charge in [-0.2, -0.15) is 0 Å². The number of hydrogen-bond acceptors (Lipinski definition) is 2. The molecule has 3 atom stereocenters. The summed E-state index contributed by atoms with van der Waals surface area (Å²) in [5.41, 5.74) is 1.26. The zero-order valence-electron chi connectivity index (χ0n) is 11.8. The summed E-state index contributed by atoms with van der Waals surface area (Å²) in [6.45, 7) is 6.84. The topological polar surface area (TPSA) is 15.3 Å². The largest absolute Gasteiger partial charge is 0.311 e. The van der Waals surface area contributed by atoms with E-state index >= 15 is 0 Å². The second kappa shape index (κ2) is 5.43. The first-order valence-electron chi connectivity index (χ1n) is 7.40. The highest BCUT2D eigenvalue weighted by Gasteiger charge is 2.37. The van der Waals surface area contributed by atoms with E-state index in [0.29, 0.717) is 18.1 Å². The van der Waals surface area contributed by atoms with Crippen LogP contribution in [0.5, 0.6) is 0 Å². The lowest BCUT2D eigenvalue weighted by Gasteiger charge is -2.42. The second-order valence-corrected chi connectivity index (χ2v) is 6.50. The van der Waals surface area contributed by atoms with Crippen molar-refractivity contribution in [1.29, 1.82) is 0 Å².